The number of carboxylic acid groups (broad SMARTS) is 1. The van der Waals surface area contributed by atoms with E-state index in [4.69, 9.17) is 5.11 Å². The van der Waals surface area contributed by atoms with Crippen molar-refractivity contribution in [3.63, 3.8) is 0 Å². The van der Waals surface area contributed by atoms with Gasteiger partial charge in [0.15, 0.2) is 5.69 Å². The molecule has 2 aromatic rings. The predicted molar refractivity (Wildman–Crippen MR) is 80.7 cm³/mol. The summed E-state index contributed by atoms with van der Waals surface area (Å²) in [6.45, 7) is 0.129. The summed E-state index contributed by atoms with van der Waals surface area (Å²) in [7, 11) is 0. The first-order chi connectivity index (χ1) is 11.8. The highest BCUT2D eigenvalue weighted by Gasteiger charge is 2.38. The van der Waals surface area contributed by atoms with Crippen LogP contribution < -0.4 is 10.6 Å². The van der Waals surface area contributed by atoms with Crippen molar-refractivity contribution in [2.75, 3.05) is 5.32 Å². The van der Waals surface area contributed by atoms with E-state index >= 15 is 0 Å². The Labute approximate surface area is 139 Å². The van der Waals surface area contributed by atoms with Crippen LogP contribution in [-0.4, -0.2) is 33.1 Å². The van der Waals surface area contributed by atoms with Gasteiger partial charge >= 0.3 is 18.1 Å². The fourth-order valence-electron chi connectivity index (χ4n) is 1.78. The number of hydrogen-bond donors (Lipinski definition) is 3. The van der Waals surface area contributed by atoms with Crippen molar-refractivity contribution < 1.29 is 27.9 Å². The van der Waals surface area contributed by atoms with Gasteiger partial charge in [0.05, 0.1) is 12.4 Å². The van der Waals surface area contributed by atoms with E-state index in [0.29, 0.717) is 17.9 Å². The minimum Gasteiger partial charge on any atom is -0.476 e. The van der Waals surface area contributed by atoms with Gasteiger partial charge in [0.1, 0.15) is 5.82 Å². The number of rotatable bonds is 6. The quantitative estimate of drug-likeness (QED) is 0.733. The molecular weight excluding hydrogens is 341 g/mol. The third-order valence-corrected chi connectivity index (χ3v) is 3.08. The van der Waals surface area contributed by atoms with Crippen LogP contribution in [0.5, 0.6) is 0 Å². The van der Waals surface area contributed by atoms with Crippen LogP contribution in [0.1, 0.15) is 21.6 Å². The average Bonchev–Trinajstić information content (AvgIpc) is 2.58. The molecule has 0 radical (unpaired) electrons. The van der Waals surface area contributed by atoms with E-state index in [1.165, 1.54) is 6.20 Å². The van der Waals surface area contributed by atoms with Crippen LogP contribution >= 0.6 is 0 Å². The first kappa shape index (κ1) is 18.2. The van der Waals surface area contributed by atoms with Crippen LogP contribution in [0.4, 0.5) is 19.0 Å². The lowest BCUT2D eigenvalue weighted by molar-refractivity contribution is -0.173. The molecule has 0 bridgehead atoms. The molecule has 0 atom stereocenters. The molecule has 0 spiro atoms. The van der Waals surface area contributed by atoms with Gasteiger partial charge in [-0.05, 0) is 11.1 Å². The lowest BCUT2D eigenvalue weighted by Crippen LogP contribution is -2.36. The summed E-state index contributed by atoms with van der Waals surface area (Å²) in [5.74, 6) is -2.78. The van der Waals surface area contributed by atoms with Crippen molar-refractivity contribution in [3.05, 3.63) is 53.5 Å². The molecule has 132 valence electrons. The Bertz CT molecular complexity index is 746. The molecule has 1 heterocycles. The molecule has 7 nitrogen and oxygen atoms in total. The standard InChI is InChI=1S/C15H13F3N4O3/c16-15(17,18)14(25)22-6-10-3-1-9(2-4-10)5-20-12-8-19-11(7-21-12)13(23)24/h1-4,7-8H,5-6H2,(H,20,21)(H,22,25)(H,23,24). The summed E-state index contributed by atoms with van der Waals surface area (Å²) in [6.07, 6.45) is -2.50. The fourth-order valence-corrected chi connectivity index (χ4v) is 1.78. The fraction of sp³-hybridized carbons (Fsp3) is 0.200. The summed E-state index contributed by atoms with van der Waals surface area (Å²) < 4.78 is 36.2. The smallest absolute Gasteiger partial charge is 0.471 e. The molecule has 0 saturated heterocycles. The molecule has 0 saturated carbocycles. The molecule has 0 fully saturated rings. The van der Waals surface area contributed by atoms with Crippen molar-refractivity contribution in [1.82, 2.24) is 15.3 Å². The molecule has 3 N–H and O–H groups in total. The van der Waals surface area contributed by atoms with E-state index < -0.39 is 18.1 Å². The minimum atomic E-state index is -4.90. The van der Waals surface area contributed by atoms with Gasteiger partial charge in [0.2, 0.25) is 0 Å². The monoisotopic (exact) mass is 354 g/mol. The largest absolute Gasteiger partial charge is 0.476 e. The van der Waals surface area contributed by atoms with Gasteiger partial charge in [-0.25, -0.2) is 14.8 Å². The zero-order chi connectivity index (χ0) is 18.4. The molecular formula is C15H13F3N4O3. The Balaban J connectivity index is 1.86. The summed E-state index contributed by atoms with van der Waals surface area (Å²) in [5.41, 5.74) is 1.16. The average molecular weight is 354 g/mol. The van der Waals surface area contributed by atoms with Crippen molar-refractivity contribution >= 4 is 17.7 Å². The number of nitrogens with zero attached hydrogens (tertiary/aromatic N) is 2. The number of nitrogens with one attached hydrogen (secondary N) is 2. The number of halogens is 3. The molecule has 2 rings (SSSR count). The van der Waals surface area contributed by atoms with E-state index in [1.54, 1.807) is 29.6 Å². The van der Waals surface area contributed by atoms with Gasteiger partial charge in [-0.15, -0.1) is 0 Å². The first-order valence-corrected chi connectivity index (χ1v) is 6.98. The second-order valence-corrected chi connectivity index (χ2v) is 4.94. The summed E-state index contributed by atoms with van der Waals surface area (Å²) in [6, 6.07) is 6.54. The number of aromatic nitrogens is 2. The van der Waals surface area contributed by atoms with Crippen molar-refractivity contribution in [2.45, 2.75) is 19.3 Å². The van der Waals surface area contributed by atoms with Crippen LogP contribution in [-0.2, 0) is 17.9 Å². The van der Waals surface area contributed by atoms with E-state index in [0.717, 1.165) is 11.8 Å². The van der Waals surface area contributed by atoms with Gasteiger partial charge in [0.25, 0.3) is 0 Å². The SMILES string of the molecule is O=C(O)c1cnc(NCc2ccc(CNC(=O)C(F)(F)F)cc2)cn1. The van der Waals surface area contributed by atoms with E-state index in [-0.39, 0.29) is 12.2 Å². The molecule has 1 amide bonds. The van der Waals surface area contributed by atoms with Gasteiger partial charge in [-0.3, -0.25) is 4.79 Å². The molecule has 1 aromatic carbocycles. The normalized spacial score (nSPS) is 11.0. The summed E-state index contributed by atoms with van der Waals surface area (Å²) in [5, 5.41) is 13.4. The molecule has 0 aliphatic rings. The number of alkyl halides is 3. The minimum absolute atomic E-state index is 0.171. The third kappa shape index (κ3) is 5.44. The molecule has 10 heteroatoms. The van der Waals surface area contributed by atoms with Gasteiger partial charge in [-0.2, -0.15) is 13.2 Å². The number of aromatic carboxylic acids is 1. The summed E-state index contributed by atoms with van der Waals surface area (Å²) in [4.78, 5) is 29.0. The lowest BCUT2D eigenvalue weighted by atomic mass is 10.1. The Hall–Kier alpha value is -3.17. The third-order valence-electron chi connectivity index (χ3n) is 3.08. The topological polar surface area (TPSA) is 104 Å². The predicted octanol–water partition coefficient (Wildman–Crippen LogP) is 1.97. The maximum Gasteiger partial charge on any atom is 0.471 e. The number of carbonyl (C=O) groups excluding carboxylic acids is 1. The maximum absolute atomic E-state index is 12.1. The number of hydrogen-bond acceptors (Lipinski definition) is 5. The molecule has 0 aliphatic heterocycles. The molecule has 0 aliphatic carbocycles. The number of anilines is 1. The highest BCUT2D eigenvalue weighted by molar-refractivity contribution is 5.84. The zero-order valence-corrected chi connectivity index (χ0v) is 12.7. The number of amides is 1. The van der Waals surface area contributed by atoms with Crippen molar-refractivity contribution in [1.29, 1.82) is 0 Å². The van der Waals surface area contributed by atoms with Crippen LogP contribution in [0.15, 0.2) is 36.7 Å². The number of carboxylic acids is 1. The molecule has 25 heavy (non-hydrogen) atoms. The lowest BCUT2D eigenvalue weighted by Gasteiger charge is -2.09. The Morgan fingerprint density at radius 2 is 1.60 bits per heavy atom. The molecule has 0 unspecified atom stereocenters. The number of carbonyl (C=O) groups is 2. The maximum atomic E-state index is 12.1. The first-order valence-electron chi connectivity index (χ1n) is 6.98. The Kier molecular flexibility index (Phi) is 5.52. The van der Waals surface area contributed by atoms with Crippen LogP contribution in [0.2, 0.25) is 0 Å². The Morgan fingerprint density at radius 3 is 2.08 bits per heavy atom. The van der Waals surface area contributed by atoms with Gasteiger partial charge in [0, 0.05) is 13.1 Å². The van der Waals surface area contributed by atoms with E-state index in [9.17, 15) is 22.8 Å². The Morgan fingerprint density at radius 1 is 1.00 bits per heavy atom. The van der Waals surface area contributed by atoms with Gasteiger partial charge < -0.3 is 15.7 Å². The highest BCUT2D eigenvalue weighted by atomic mass is 19.4. The van der Waals surface area contributed by atoms with Crippen molar-refractivity contribution in [2.24, 2.45) is 0 Å². The van der Waals surface area contributed by atoms with Gasteiger partial charge in [-0.1, -0.05) is 24.3 Å². The second kappa shape index (κ2) is 7.60. The second-order valence-electron chi connectivity index (χ2n) is 4.94. The zero-order valence-electron chi connectivity index (χ0n) is 12.7. The van der Waals surface area contributed by atoms with Crippen LogP contribution in [0.25, 0.3) is 0 Å². The van der Waals surface area contributed by atoms with Crippen LogP contribution in [0.3, 0.4) is 0 Å². The van der Waals surface area contributed by atoms with Crippen molar-refractivity contribution in [3.8, 4) is 0 Å². The number of benzene rings is 1. The summed E-state index contributed by atoms with van der Waals surface area (Å²) >= 11 is 0. The molecule has 1 aromatic heterocycles. The van der Waals surface area contributed by atoms with E-state index in [2.05, 4.69) is 15.3 Å². The highest BCUT2D eigenvalue weighted by Crippen LogP contribution is 2.14. The van der Waals surface area contributed by atoms with Crippen LogP contribution in [0, 0.1) is 0 Å². The van der Waals surface area contributed by atoms with E-state index in [1.807, 2.05) is 0 Å².